The minimum absolute atomic E-state index is 0.150. The average Bonchev–Trinajstić information content (AvgIpc) is 2.45. The summed E-state index contributed by atoms with van der Waals surface area (Å²) in [5, 5.41) is 11.3. The Morgan fingerprint density at radius 2 is 2.05 bits per heavy atom. The number of carbonyl (C=O) groups excluding carboxylic acids is 1. The molecule has 7 heteroatoms. The van der Waals surface area contributed by atoms with Crippen LogP contribution >= 0.6 is 0 Å². The van der Waals surface area contributed by atoms with Gasteiger partial charge in [0.1, 0.15) is 5.82 Å². The number of carboxylic acids is 1. The Hall–Kier alpha value is -2.15. The highest BCUT2D eigenvalue weighted by molar-refractivity contribution is 5.82. The summed E-state index contributed by atoms with van der Waals surface area (Å²) in [5.41, 5.74) is 0.355. The Bertz CT molecular complexity index is 510. The highest BCUT2D eigenvalue weighted by Gasteiger charge is 2.25. The molecule has 2 unspecified atom stereocenters. The van der Waals surface area contributed by atoms with Gasteiger partial charge < -0.3 is 20.1 Å². The number of aliphatic carboxylic acids is 1. The normalized spacial score (nSPS) is 13.3. The topological polar surface area (TPSA) is 78.9 Å². The minimum Gasteiger partial charge on any atom is -0.480 e. The number of benzene rings is 1. The molecule has 0 radical (unpaired) electrons. The first-order valence-corrected chi connectivity index (χ1v) is 6.38. The van der Waals surface area contributed by atoms with E-state index in [0.717, 1.165) is 0 Å². The van der Waals surface area contributed by atoms with Gasteiger partial charge in [-0.15, -0.1) is 0 Å². The van der Waals surface area contributed by atoms with Crippen LogP contribution in [-0.2, 0) is 9.53 Å². The number of carbonyl (C=O) groups is 2. The van der Waals surface area contributed by atoms with E-state index in [0.29, 0.717) is 5.56 Å². The van der Waals surface area contributed by atoms with Crippen molar-refractivity contribution in [1.29, 1.82) is 0 Å². The van der Waals surface area contributed by atoms with Crippen LogP contribution in [0.15, 0.2) is 24.3 Å². The van der Waals surface area contributed by atoms with E-state index >= 15 is 0 Å². The van der Waals surface area contributed by atoms with Crippen molar-refractivity contribution in [3.63, 3.8) is 0 Å². The first-order chi connectivity index (χ1) is 9.88. The molecule has 2 N–H and O–H groups in total. The van der Waals surface area contributed by atoms with Gasteiger partial charge in [-0.3, -0.25) is 0 Å². The summed E-state index contributed by atoms with van der Waals surface area (Å²) in [6.45, 7) is 1.51. The molecular formula is C14H19FN2O4. The number of rotatable bonds is 6. The van der Waals surface area contributed by atoms with Gasteiger partial charge in [-0.05, 0) is 13.0 Å². The van der Waals surface area contributed by atoms with Gasteiger partial charge in [-0.2, -0.15) is 0 Å². The van der Waals surface area contributed by atoms with Gasteiger partial charge >= 0.3 is 12.0 Å². The van der Waals surface area contributed by atoms with Crippen LogP contribution in [0.2, 0.25) is 0 Å². The zero-order chi connectivity index (χ0) is 16.0. The van der Waals surface area contributed by atoms with E-state index in [2.05, 4.69) is 5.32 Å². The number of nitrogens with zero attached hydrogens (tertiary/aromatic N) is 1. The van der Waals surface area contributed by atoms with Crippen LogP contribution in [0.3, 0.4) is 0 Å². The van der Waals surface area contributed by atoms with Crippen LogP contribution in [0.25, 0.3) is 0 Å². The van der Waals surface area contributed by atoms with E-state index in [9.17, 15) is 14.0 Å². The Kier molecular flexibility index (Phi) is 6.10. The molecule has 1 aromatic carbocycles. The predicted octanol–water partition coefficient (Wildman–Crippen LogP) is 1.63. The monoisotopic (exact) mass is 298 g/mol. The number of halogens is 1. The second-order valence-electron chi connectivity index (χ2n) is 4.60. The number of amides is 2. The van der Waals surface area contributed by atoms with Gasteiger partial charge in [-0.25, -0.2) is 14.0 Å². The Labute approximate surface area is 122 Å². The second-order valence-corrected chi connectivity index (χ2v) is 4.60. The van der Waals surface area contributed by atoms with Gasteiger partial charge in [0, 0.05) is 19.7 Å². The summed E-state index contributed by atoms with van der Waals surface area (Å²) in [7, 11) is 2.81. The number of urea groups is 1. The van der Waals surface area contributed by atoms with Gasteiger partial charge in [0.05, 0.1) is 12.6 Å². The number of hydrogen-bond donors (Lipinski definition) is 2. The number of ether oxygens (including phenoxy) is 1. The van der Waals surface area contributed by atoms with E-state index in [1.807, 2.05) is 0 Å². The first-order valence-electron chi connectivity index (χ1n) is 6.38. The van der Waals surface area contributed by atoms with Gasteiger partial charge in [0.25, 0.3) is 0 Å². The molecule has 0 spiro atoms. The lowest BCUT2D eigenvalue weighted by Gasteiger charge is -2.27. The third kappa shape index (κ3) is 4.42. The molecule has 1 aromatic rings. The largest absolute Gasteiger partial charge is 0.480 e. The molecule has 0 fully saturated rings. The third-order valence-electron chi connectivity index (χ3n) is 3.19. The van der Waals surface area contributed by atoms with E-state index in [1.54, 1.807) is 25.1 Å². The lowest BCUT2D eigenvalue weighted by molar-refractivity contribution is -0.140. The van der Waals surface area contributed by atoms with Crippen LogP contribution in [0, 0.1) is 5.82 Å². The number of nitrogens with one attached hydrogen (secondary N) is 1. The fourth-order valence-electron chi connectivity index (χ4n) is 1.79. The molecule has 2 atom stereocenters. The summed E-state index contributed by atoms with van der Waals surface area (Å²) in [6.07, 6.45) is 0. The highest BCUT2D eigenvalue weighted by atomic mass is 19.1. The summed E-state index contributed by atoms with van der Waals surface area (Å²) in [5.74, 6) is -1.62. The summed E-state index contributed by atoms with van der Waals surface area (Å²) in [4.78, 5) is 24.2. The van der Waals surface area contributed by atoms with Crippen LogP contribution in [0.1, 0.15) is 18.5 Å². The third-order valence-corrected chi connectivity index (χ3v) is 3.19. The van der Waals surface area contributed by atoms with Crippen LogP contribution in [-0.4, -0.2) is 48.8 Å². The second kappa shape index (κ2) is 7.58. The van der Waals surface area contributed by atoms with E-state index in [-0.39, 0.29) is 6.61 Å². The van der Waals surface area contributed by atoms with Crippen molar-refractivity contribution < 1.29 is 23.8 Å². The molecular weight excluding hydrogens is 279 g/mol. The molecule has 0 aromatic heterocycles. The molecule has 0 bridgehead atoms. The maximum atomic E-state index is 13.7. The molecule has 0 heterocycles. The van der Waals surface area contributed by atoms with E-state index in [1.165, 1.54) is 25.1 Å². The lowest BCUT2D eigenvalue weighted by Crippen LogP contribution is -2.49. The molecule has 6 nitrogen and oxygen atoms in total. The SMILES string of the molecule is COCC(NC(=O)N(C)C(C)c1ccccc1F)C(=O)O. The fourth-order valence-corrected chi connectivity index (χ4v) is 1.79. The maximum absolute atomic E-state index is 13.7. The van der Waals surface area contributed by atoms with Crippen LogP contribution in [0.5, 0.6) is 0 Å². The Morgan fingerprint density at radius 3 is 2.57 bits per heavy atom. The number of methoxy groups -OCH3 is 1. The summed E-state index contributed by atoms with van der Waals surface area (Å²) in [6, 6.07) is 3.81. The highest BCUT2D eigenvalue weighted by Crippen LogP contribution is 2.21. The molecule has 2 amide bonds. The van der Waals surface area contributed by atoms with Crippen molar-refractivity contribution in [2.45, 2.75) is 19.0 Å². The van der Waals surface area contributed by atoms with Crippen LogP contribution < -0.4 is 5.32 Å². The summed E-state index contributed by atoms with van der Waals surface area (Å²) < 4.78 is 18.4. The Morgan fingerprint density at radius 1 is 1.43 bits per heavy atom. The van der Waals surface area contributed by atoms with Crippen molar-refractivity contribution in [3.8, 4) is 0 Å². The minimum atomic E-state index is -1.20. The smallest absolute Gasteiger partial charge is 0.328 e. The molecule has 0 saturated heterocycles. The maximum Gasteiger partial charge on any atom is 0.328 e. The average molecular weight is 298 g/mol. The molecule has 1 rings (SSSR count). The summed E-state index contributed by atoms with van der Waals surface area (Å²) >= 11 is 0. The van der Waals surface area contributed by atoms with E-state index < -0.39 is 29.9 Å². The number of hydrogen-bond acceptors (Lipinski definition) is 3. The fraction of sp³-hybridized carbons (Fsp3) is 0.429. The van der Waals surface area contributed by atoms with Crippen molar-refractivity contribution in [3.05, 3.63) is 35.6 Å². The van der Waals surface area contributed by atoms with E-state index in [4.69, 9.17) is 9.84 Å². The quantitative estimate of drug-likeness (QED) is 0.836. The van der Waals surface area contributed by atoms with Crippen molar-refractivity contribution in [2.24, 2.45) is 0 Å². The number of carboxylic acid groups (broad SMARTS) is 1. The van der Waals surface area contributed by atoms with Gasteiger partial charge in [0.15, 0.2) is 6.04 Å². The molecule has 0 aliphatic heterocycles. The first kappa shape index (κ1) is 16.9. The Balaban J connectivity index is 2.78. The molecule has 0 aliphatic rings. The van der Waals surface area contributed by atoms with Crippen molar-refractivity contribution in [2.75, 3.05) is 20.8 Å². The zero-order valence-corrected chi connectivity index (χ0v) is 12.2. The zero-order valence-electron chi connectivity index (χ0n) is 12.2. The molecule has 21 heavy (non-hydrogen) atoms. The molecule has 0 saturated carbocycles. The molecule has 116 valence electrons. The van der Waals surface area contributed by atoms with Crippen LogP contribution in [0.4, 0.5) is 9.18 Å². The predicted molar refractivity (Wildman–Crippen MR) is 74.4 cm³/mol. The van der Waals surface area contributed by atoms with Gasteiger partial charge in [0.2, 0.25) is 0 Å². The van der Waals surface area contributed by atoms with Gasteiger partial charge in [-0.1, -0.05) is 18.2 Å². The standard InChI is InChI=1S/C14H19FN2O4/c1-9(10-6-4-5-7-11(10)15)17(2)14(20)16-12(8-21-3)13(18)19/h4-7,9,12H,8H2,1-3H3,(H,16,20)(H,18,19). The lowest BCUT2D eigenvalue weighted by atomic mass is 10.1. The van der Waals surface area contributed by atoms with Crippen molar-refractivity contribution in [1.82, 2.24) is 10.2 Å². The molecule has 0 aliphatic carbocycles. The van der Waals surface area contributed by atoms with Crippen molar-refractivity contribution >= 4 is 12.0 Å².